The summed E-state index contributed by atoms with van der Waals surface area (Å²) in [7, 11) is 1.82. The predicted molar refractivity (Wildman–Crippen MR) is 41.0 cm³/mol. The van der Waals surface area contributed by atoms with Crippen molar-refractivity contribution < 1.29 is 0 Å². The highest BCUT2D eigenvalue weighted by molar-refractivity contribution is 6.20. The highest BCUT2D eigenvalue weighted by Gasteiger charge is 2.02. The maximum atomic E-state index is 5.79. The summed E-state index contributed by atoms with van der Waals surface area (Å²) in [4.78, 5) is 6.89. The Morgan fingerprint density at radius 3 is 3.20 bits per heavy atom. The second-order valence-electron chi connectivity index (χ2n) is 2.02. The summed E-state index contributed by atoms with van der Waals surface area (Å²) in [5.74, 6) is 0. The molecule has 1 rings (SSSR count). The molecule has 4 heteroatoms. The first-order valence-corrected chi connectivity index (χ1v) is 3.55. The Labute approximate surface area is 64.8 Å². The molecule has 56 valence electrons. The molecule has 0 spiro atoms. The van der Waals surface area contributed by atoms with Gasteiger partial charge in [0.1, 0.15) is 0 Å². The van der Waals surface area contributed by atoms with E-state index in [9.17, 15) is 0 Å². The Morgan fingerprint density at radius 1 is 1.90 bits per heavy atom. The van der Waals surface area contributed by atoms with Crippen molar-refractivity contribution in [2.75, 3.05) is 7.05 Å². The normalized spacial score (nSPS) is 13.4. The number of alkyl halides is 1. The van der Waals surface area contributed by atoms with Crippen LogP contribution in [0.1, 0.15) is 5.69 Å². The molecule has 0 aliphatic carbocycles. The summed E-state index contributed by atoms with van der Waals surface area (Å²) in [5.41, 5.74) is 0.956. The predicted octanol–water partition coefficient (Wildman–Crippen LogP) is 0.736. The minimum atomic E-state index is -0.0247. The van der Waals surface area contributed by atoms with Crippen LogP contribution in [0.15, 0.2) is 12.5 Å². The molecule has 1 heterocycles. The number of likely N-dealkylation sites (N-methyl/N-ethyl adjacent to an activating group) is 1. The first-order valence-electron chi connectivity index (χ1n) is 3.12. The molecule has 1 aromatic heterocycles. The summed E-state index contributed by atoms with van der Waals surface area (Å²) < 4.78 is 0. The third-order valence-corrected chi connectivity index (χ3v) is 1.63. The first kappa shape index (κ1) is 7.57. The van der Waals surface area contributed by atoms with Crippen LogP contribution in [-0.4, -0.2) is 22.5 Å². The number of nitrogens with one attached hydrogen (secondary N) is 2. The monoisotopic (exact) mass is 159 g/mol. The van der Waals surface area contributed by atoms with Crippen LogP contribution >= 0.6 is 11.6 Å². The summed E-state index contributed by atoms with van der Waals surface area (Å²) >= 11 is 5.79. The molecule has 0 aliphatic rings. The standard InChI is InChI=1S/C6H10ClN3/c1-8-6(7)2-5-3-9-4-10-5/h3-4,6,8H,2H2,1H3,(H,9,10). The zero-order valence-electron chi connectivity index (χ0n) is 5.76. The summed E-state index contributed by atoms with van der Waals surface area (Å²) in [5, 5.41) is 2.91. The van der Waals surface area contributed by atoms with Crippen LogP contribution in [0.3, 0.4) is 0 Å². The average molecular weight is 160 g/mol. The molecule has 1 aromatic rings. The van der Waals surface area contributed by atoms with Gasteiger partial charge in [-0.3, -0.25) is 0 Å². The molecule has 1 atom stereocenters. The van der Waals surface area contributed by atoms with Gasteiger partial charge < -0.3 is 10.3 Å². The van der Waals surface area contributed by atoms with Crippen LogP contribution in [-0.2, 0) is 6.42 Å². The SMILES string of the molecule is CNC(Cl)Cc1c[nH]cn1. The van der Waals surface area contributed by atoms with Gasteiger partial charge in [-0.2, -0.15) is 0 Å². The third kappa shape index (κ3) is 2.01. The van der Waals surface area contributed by atoms with E-state index in [4.69, 9.17) is 11.6 Å². The number of hydrogen-bond acceptors (Lipinski definition) is 2. The second kappa shape index (κ2) is 3.58. The Hall–Kier alpha value is -0.540. The lowest BCUT2D eigenvalue weighted by Gasteiger charge is -2.03. The van der Waals surface area contributed by atoms with Gasteiger partial charge in [0.2, 0.25) is 0 Å². The number of hydrogen-bond donors (Lipinski definition) is 2. The molecule has 3 nitrogen and oxygen atoms in total. The Kier molecular flexibility index (Phi) is 2.71. The number of nitrogens with zero attached hydrogens (tertiary/aromatic N) is 1. The largest absolute Gasteiger partial charge is 0.351 e. The smallest absolute Gasteiger partial charge is 0.0923 e. The molecule has 0 amide bonds. The summed E-state index contributed by atoms with van der Waals surface area (Å²) in [6.45, 7) is 0. The number of halogens is 1. The van der Waals surface area contributed by atoms with Crippen molar-refractivity contribution in [2.45, 2.75) is 11.9 Å². The van der Waals surface area contributed by atoms with Crippen molar-refractivity contribution in [1.82, 2.24) is 15.3 Å². The van der Waals surface area contributed by atoms with Crippen molar-refractivity contribution in [3.8, 4) is 0 Å². The van der Waals surface area contributed by atoms with Gasteiger partial charge in [-0.1, -0.05) is 0 Å². The van der Waals surface area contributed by atoms with E-state index in [0.29, 0.717) is 0 Å². The van der Waals surface area contributed by atoms with Gasteiger partial charge in [-0.05, 0) is 7.05 Å². The topological polar surface area (TPSA) is 40.7 Å². The maximum Gasteiger partial charge on any atom is 0.0923 e. The van der Waals surface area contributed by atoms with E-state index >= 15 is 0 Å². The van der Waals surface area contributed by atoms with E-state index in [1.54, 1.807) is 6.33 Å². The van der Waals surface area contributed by atoms with Gasteiger partial charge in [0.05, 0.1) is 17.5 Å². The third-order valence-electron chi connectivity index (χ3n) is 1.26. The Bertz CT molecular complexity index is 173. The van der Waals surface area contributed by atoms with Crippen LogP contribution in [0.25, 0.3) is 0 Å². The van der Waals surface area contributed by atoms with Gasteiger partial charge in [0.15, 0.2) is 0 Å². The maximum absolute atomic E-state index is 5.79. The lowest BCUT2D eigenvalue weighted by molar-refractivity contribution is 0.716. The zero-order valence-corrected chi connectivity index (χ0v) is 6.52. The fourth-order valence-corrected chi connectivity index (χ4v) is 0.846. The van der Waals surface area contributed by atoms with Crippen molar-refractivity contribution in [3.05, 3.63) is 18.2 Å². The molecule has 0 aliphatic heterocycles. The van der Waals surface area contributed by atoms with Crippen LogP contribution < -0.4 is 5.32 Å². The van der Waals surface area contributed by atoms with Gasteiger partial charge in [0.25, 0.3) is 0 Å². The van der Waals surface area contributed by atoms with E-state index in [0.717, 1.165) is 12.1 Å². The lowest BCUT2D eigenvalue weighted by Crippen LogP contribution is -2.20. The lowest BCUT2D eigenvalue weighted by atomic mass is 10.3. The van der Waals surface area contributed by atoms with Crippen LogP contribution in [0, 0.1) is 0 Å². The molecule has 2 N–H and O–H groups in total. The highest BCUT2D eigenvalue weighted by atomic mass is 35.5. The van der Waals surface area contributed by atoms with E-state index in [1.807, 2.05) is 13.2 Å². The van der Waals surface area contributed by atoms with Gasteiger partial charge in [-0.15, -0.1) is 11.6 Å². The molecule has 0 saturated carbocycles. The van der Waals surface area contributed by atoms with Gasteiger partial charge in [-0.25, -0.2) is 4.98 Å². The molecule has 0 radical (unpaired) electrons. The molecule has 10 heavy (non-hydrogen) atoms. The second-order valence-corrected chi connectivity index (χ2v) is 2.55. The van der Waals surface area contributed by atoms with Crippen molar-refractivity contribution in [1.29, 1.82) is 0 Å². The van der Waals surface area contributed by atoms with E-state index in [1.165, 1.54) is 0 Å². The number of aromatic nitrogens is 2. The number of rotatable bonds is 3. The van der Waals surface area contributed by atoms with E-state index in [-0.39, 0.29) is 5.50 Å². The quantitative estimate of drug-likeness (QED) is 0.505. The minimum Gasteiger partial charge on any atom is -0.351 e. The number of aromatic amines is 1. The molecular formula is C6H10ClN3. The number of imidazole rings is 1. The van der Waals surface area contributed by atoms with Crippen molar-refractivity contribution >= 4 is 11.6 Å². The van der Waals surface area contributed by atoms with E-state index in [2.05, 4.69) is 15.3 Å². The van der Waals surface area contributed by atoms with Crippen molar-refractivity contribution in [3.63, 3.8) is 0 Å². The van der Waals surface area contributed by atoms with Crippen LogP contribution in [0.4, 0.5) is 0 Å². The molecule has 0 saturated heterocycles. The van der Waals surface area contributed by atoms with E-state index < -0.39 is 0 Å². The average Bonchev–Trinajstić information content (AvgIpc) is 2.40. The Morgan fingerprint density at radius 2 is 2.70 bits per heavy atom. The molecule has 0 fully saturated rings. The molecular weight excluding hydrogens is 150 g/mol. The zero-order chi connectivity index (χ0) is 7.40. The van der Waals surface area contributed by atoms with Crippen molar-refractivity contribution in [2.24, 2.45) is 0 Å². The van der Waals surface area contributed by atoms with Crippen LogP contribution in [0.2, 0.25) is 0 Å². The summed E-state index contributed by atoms with van der Waals surface area (Å²) in [6, 6.07) is 0. The number of H-pyrrole nitrogens is 1. The Balaban J connectivity index is 2.40. The van der Waals surface area contributed by atoms with Crippen LogP contribution in [0.5, 0.6) is 0 Å². The molecule has 0 aromatic carbocycles. The van der Waals surface area contributed by atoms with Gasteiger partial charge >= 0.3 is 0 Å². The molecule has 1 unspecified atom stereocenters. The fourth-order valence-electron chi connectivity index (χ4n) is 0.688. The first-order chi connectivity index (χ1) is 4.83. The molecule has 0 bridgehead atoms. The van der Waals surface area contributed by atoms with Gasteiger partial charge in [0, 0.05) is 12.6 Å². The fraction of sp³-hybridized carbons (Fsp3) is 0.500. The highest BCUT2D eigenvalue weighted by Crippen LogP contribution is 2.00. The summed E-state index contributed by atoms with van der Waals surface area (Å²) in [6.07, 6.45) is 4.24. The minimum absolute atomic E-state index is 0.0247.